The van der Waals surface area contributed by atoms with E-state index in [1.165, 1.54) is 0 Å². The lowest BCUT2D eigenvalue weighted by Gasteiger charge is -2.10. The summed E-state index contributed by atoms with van der Waals surface area (Å²) < 4.78 is 11.1. The fraction of sp³-hybridized carbons (Fsp3) is 0.188. The standard InChI is InChI=1S/C16H18N2O3/c17-16(18-19)15-9-5-4-6-13(15)12-20-10-11-21-14-7-2-1-3-8-14/h1-9,19H,10-12H2,(H2,17,18). The number of hydrogen-bond acceptors (Lipinski definition) is 4. The first-order chi connectivity index (χ1) is 10.3. The second kappa shape index (κ2) is 7.91. The molecule has 0 fully saturated rings. The van der Waals surface area contributed by atoms with Crippen molar-refractivity contribution < 1.29 is 14.7 Å². The van der Waals surface area contributed by atoms with Crippen molar-refractivity contribution in [2.75, 3.05) is 13.2 Å². The highest BCUT2D eigenvalue weighted by atomic mass is 16.5. The van der Waals surface area contributed by atoms with Gasteiger partial charge in [-0.25, -0.2) is 0 Å². The van der Waals surface area contributed by atoms with Crippen LogP contribution in [0.15, 0.2) is 59.8 Å². The van der Waals surface area contributed by atoms with Crippen LogP contribution >= 0.6 is 0 Å². The molecule has 5 heteroatoms. The Hall–Kier alpha value is -2.53. The molecule has 5 nitrogen and oxygen atoms in total. The van der Waals surface area contributed by atoms with E-state index in [-0.39, 0.29) is 5.84 Å². The van der Waals surface area contributed by atoms with Crippen molar-refractivity contribution in [1.82, 2.24) is 0 Å². The van der Waals surface area contributed by atoms with Gasteiger partial charge in [-0.05, 0) is 17.7 Å². The van der Waals surface area contributed by atoms with Crippen LogP contribution in [0.2, 0.25) is 0 Å². The molecule has 0 aliphatic heterocycles. The first kappa shape index (κ1) is 14.9. The minimum atomic E-state index is 0.0785. The van der Waals surface area contributed by atoms with Crippen LogP contribution in [0, 0.1) is 0 Å². The van der Waals surface area contributed by atoms with Gasteiger partial charge in [0.25, 0.3) is 0 Å². The molecule has 21 heavy (non-hydrogen) atoms. The van der Waals surface area contributed by atoms with Crippen LogP contribution in [0.25, 0.3) is 0 Å². The summed E-state index contributed by atoms with van der Waals surface area (Å²) >= 11 is 0. The van der Waals surface area contributed by atoms with Gasteiger partial charge < -0.3 is 20.4 Å². The van der Waals surface area contributed by atoms with Crippen molar-refractivity contribution in [3.8, 4) is 5.75 Å². The topological polar surface area (TPSA) is 77.1 Å². The van der Waals surface area contributed by atoms with Crippen LogP contribution in [0.3, 0.4) is 0 Å². The molecule has 0 bridgehead atoms. The van der Waals surface area contributed by atoms with Crippen LogP contribution in [-0.4, -0.2) is 24.3 Å². The molecule has 0 aromatic heterocycles. The molecule has 0 saturated heterocycles. The van der Waals surface area contributed by atoms with E-state index in [2.05, 4.69) is 5.16 Å². The third-order valence-electron chi connectivity index (χ3n) is 2.90. The van der Waals surface area contributed by atoms with Gasteiger partial charge in [-0.3, -0.25) is 0 Å². The molecule has 0 heterocycles. The lowest BCUT2D eigenvalue weighted by atomic mass is 10.1. The summed E-state index contributed by atoms with van der Waals surface area (Å²) in [5.74, 6) is 0.896. The maximum absolute atomic E-state index is 8.75. The van der Waals surface area contributed by atoms with Gasteiger partial charge in [0.05, 0.1) is 13.2 Å². The zero-order chi connectivity index (χ0) is 14.9. The highest BCUT2D eigenvalue weighted by Gasteiger charge is 2.06. The number of ether oxygens (including phenoxy) is 2. The smallest absolute Gasteiger partial charge is 0.170 e. The fourth-order valence-electron chi connectivity index (χ4n) is 1.87. The Morgan fingerprint density at radius 1 is 1.00 bits per heavy atom. The van der Waals surface area contributed by atoms with E-state index in [4.69, 9.17) is 20.4 Å². The average molecular weight is 286 g/mol. The number of para-hydroxylation sites is 1. The molecule has 0 amide bonds. The Balaban J connectivity index is 1.79. The van der Waals surface area contributed by atoms with E-state index in [1.54, 1.807) is 6.07 Å². The summed E-state index contributed by atoms with van der Waals surface area (Å²) in [5.41, 5.74) is 7.16. The highest BCUT2D eigenvalue weighted by molar-refractivity contribution is 5.98. The van der Waals surface area contributed by atoms with Crippen molar-refractivity contribution in [2.24, 2.45) is 10.9 Å². The molecular formula is C16H18N2O3. The maximum atomic E-state index is 8.75. The van der Waals surface area contributed by atoms with Gasteiger partial charge in [0.1, 0.15) is 12.4 Å². The van der Waals surface area contributed by atoms with Crippen molar-refractivity contribution in [3.05, 3.63) is 65.7 Å². The van der Waals surface area contributed by atoms with Gasteiger partial charge in [0.2, 0.25) is 0 Å². The molecule has 0 aliphatic carbocycles. The van der Waals surface area contributed by atoms with Gasteiger partial charge in [0, 0.05) is 5.56 Å². The lowest BCUT2D eigenvalue weighted by molar-refractivity contribution is 0.0888. The number of amidine groups is 1. The van der Waals surface area contributed by atoms with E-state index >= 15 is 0 Å². The molecular weight excluding hydrogens is 268 g/mol. The molecule has 0 radical (unpaired) electrons. The van der Waals surface area contributed by atoms with Crippen molar-refractivity contribution in [1.29, 1.82) is 0 Å². The molecule has 0 aliphatic rings. The van der Waals surface area contributed by atoms with Crippen molar-refractivity contribution in [2.45, 2.75) is 6.61 Å². The largest absolute Gasteiger partial charge is 0.491 e. The molecule has 110 valence electrons. The Labute approximate surface area is 123 Å². The minimum Gasteiger partial charge on any atom is -0.491 e. The monoisotopic (exact) mass is 286 g/mol. The Bertz CT molecular complexity index is 585. The van der Waals surface area contributed by atoms with Crippen LogP contribution in [0.5, 0.6) is 5.75 Å². The minimum absolute atomic E-state index is 0.0785. The number of rotatable bonds is 7. The quantitative estimate of drug-likeness (QED) is 0.269. The van der Waals surface area contributed by atoms with E-state index < -0.39 is 0 Å². The second-order valence-electron chi connectivity index (χ2n) is 4.36. The van der Waals surface area contributed by atoms with Gasteiger partial charge in [-0.15, -0.1) is 0 Å². The third-order valence-corrected chi connectivity index (χ3v) is 2.90. The van der Waals surface area contributed by atoms with Crippen molar-refractivity contribution in [3.63, 3.8) is 0 Å². The number of hydrogen-bond donors (Lipinski definition) is 2. The van der Waals surface area contributed by atoms with Gasteiger partial charge >= 0.3 is 0 Å². The van der Waals surface area contributed by atoms with Crippen molar-refractivity contribution >= 4 is 5.84 Å². The van der Waals surface area contributed by atoms with Gasteiger partial charge in [0.15, 0.2) is 5.84 Å². The molecule has 0 spiro atoms. The van der Waals surface area contributed by atoms with E-state index in [9.17, 15) is 0 Å². The van der Waals surface area contributed by atoms with E-state index in [0.717, 1.165) is 11.3 Å². The molecule has 2 aromatic carbocycles. The van der Waals surface area contributed by atoms with E-state index in [0.29, 0.717) is 25.4 Å². The van der Waals surface area contributed by atoms with E-state index in [1.807, 2.05) is 48.5 Å². The van der Waals surface area contributed by atoms with Crippen LogP contribution in [0.4, 0.5) is 0 Å². The summed E-state index contributed by atoms with van der Waals surface area (Å²) in [7, 11) is 0. The van der Waals surface area contributed by atoms with Crippen LogP contribution in [0.1, 0.15) is 11.1 Å². The van der Waals surface area contributed by atoms with Crippen LogP contribution in [-0.2, 0) is 11.3 Å². The van der Waals surface area contributed by atoms with Gasteiger partial charge in [-0.2, -0.15) is 0 Å². The molecule has 0 unspecified atom stereocenters. The highest BCUT2D eigenvalue weighted by Crippen LogP contribution is 2.11. The Morgan fingerprint density at radius 2 is 1.71 bits per heavy atom. The molecule has 3 N–H and O–H groups in total. The predicted octanol–water partition coefficient (Wildman–Crippen LogP) is 2.38. The summed E-state index contributed by atoms with van der Waals surface area (Å²) in [6.07, 6.45) is 0. The SMILES string of the molecule is N/C(=N\O)c1ccccc1COCCOc1ccccc1. The molecule has 0 saturated carbocycles. The first-order valence-corrected chi connectivity index (χ1v) is 6.62. The number of oxime groups is 1. The maximum Gasteiger partial charge on any atom is 0.170 e. The normalized spacial score (nSPS) is 11.3. The summed E-state index contributed by atoms with van der Waals surface area (Å²) in [6.45, 7) is 1.31. The number of nitrogens with zero attached hydrogens (tertiary/aromatic N) is 1. The zero-order valence-electron chi connectivity index (χ0n) is 11.6. The Morgan fingerprint density at radius 3 is 2.48 bits per heavy atom. The summed E-state index contributed by atoms with van der Waals surface area (Å²) in [4.78, 5) is 0. The third kappa shape index (κ3) is 4.50. The van der Waals surface area contributed by atoms with Gasteiger partial charge in [-0.1, -0.05) is 47.6 Å². The molecule has 2 rings (SSSR count). The van der Waals surface area contributed by atoms with Crippen LogP contribution < -0.4 is 10.5 Å². The average Bonchev–Trinajstić information content (AvgIpc) is 2.55. The predicted molar refractivity (Wildman–Crippen MR) is 80.5 cm³/mol. The Kier molecular flexibility index (Phi) is 5.60. The lowest BCUT2D eigenvalue weighted by Crippen LogP contribution is -2.16. The fourth-order valence-corrected chi connectivity index (χ4v) is 1.87. The molecule has 0 atom stereocenters. The summed E-state index contributed by atoms with van der Waals surface area (Å²) in [5, 5.41) is 11.8. The molecule has 2 aromatic rings. The summed E-state index contributed by atoms with van der Waals surface area (Å²) in [6, 6.07) is 16.9. The first-order valence-electron chi connectivity index (χ1n) is 6.62. The number of benzene rings is 2. The second-order valence-corrected chi connectivity index (χ2v) is 4.36. The zero-order valence-corrected chi connectivity index (χ0v) is 11.6. The number of nitrogens with two attached hydrogens (primary N) is 1.